The number of rotatable bonds is 7. The zero-order chi connectivity index (χ0) is 21.8. The Hall–Kier alpha value is -2.82. The van der Waals surface area contributed by atoms with E-state index in [1.54, 1.807) is 0 Å². The van der Waals surface area contributed by atoms with Crippen molar-refractivity contribution >= 4 is 28.7 Å². The lowest BCUT2D eigenvalue weighted by atomic mass is 9.98. The van der Waals surface area contributed by atoms with Crippen LogP contribution in [0.15, 0.2) is 61.3 Å². The first-order chi connectivity index (χ1) is 15.1. The fraction of sp³-hybridized carbons (Fsp3) is 0.269. The van der Waals surface area contributed by atoms with Crippen molar-refractivity contribution in [1.29, 1.82) is 0 Å². The van der Waals surface area contributed by atoms with Crippen LogP contribution in [-0.4, -0.2) is 30.0 Å². The Morgan fingerprint density at radius 2 is 1.74 bits per heavy atom. The number of hydrogen-bond acceptors (Lipinski definition) is 4. The van der Waals surface area contributed by atoms with Gasteiger partial charge in [-0.1, -0.05) is 48.5 Å². The van der Waals surface area contributed by atoms with Crippen molar-refractivity contribution in [3.05, 3.63) is 83.2 Å². The summed E-state index contributed by atoms with van der Waals surface area (Å²) in [6, 6.07) is 16.4. The monoisotopic (exact) mass is 432 g/mol. The van der Waals surface area contributed by atoms with E-state index >= 15 is 0 Å². The average Bonchev–Trinajstić information content (AvgIpc) is 3.29. The molecule has 2 heterocycles. The summed E-state index contributed by atoms with van der Waals surface area (Å²) >= 11 is 6.81. The number of halogens is 1. The fourth-order valence-corrected chi connectivity index (χ4v) is 4.43. The van der Waals surface area contributed by atoms with Gasteiger partial charge >= 0.3 is 0 Å². The summed E-state index contributed by atoms with van der Waals surface area (Å²) in [5.74, 6) is 0. The molecule has 1 aromatic heterocycles. The van der Waals surface area contributed by atoms with Crippen LogP contribution in [0.3, 0.4) is 0 Å². The quantitative estimate of drug-likeness (QED) is 0.451. The maximum absolute atomic E-state index is 6.81. The van der Waals surface area contributed by atoms with Gasteiger partial charge in [0.05, 0.1) is 22.1 Å². The van der Waals surface area contributed by atoms with Crippen LogP contribution in [-0.2, 0) is 6.54 Å². The van der Waals surface area contributed by atoms with Crippen molar-refractivity contribution in [2.24, 2.45) is 0 Å². The maximum atomic E-state index is 6.81. The minimum Gasteiger partial charge on any atom is -0.388 e. The summed E-state index contributed by atoms with van der Waals surface area (Å²) in [7, 11) is 1.93. The second-order valence-corrected chi connectivity index (χ2v) is 8.41. The minimum absolute atomic E-state index is 0.672. The van der Waals surface area contributed by atoms with Gasteiger partial charge in [0.1, 0.15) is 0 Å². The molecule has 1 fully saturated rings. The molecule has 0 unspecified atom stereocenters. The SMILES string of the molecule is C=C(Nc1cccc(-c2cccc(NC)c2C)c1Cl)c1ccc(CN2CCCC2)cn1. The second-order valence-electron chi connectivity index (χ2n) is 8.03. The molecule has 0 amide bonds. The van der Waals surface area contributed by atoms with E-state index in [0.717, 1.165) is 46.0 Å². The van der Waals surface area contributed by atoms with Gasteiger partial charge in [-0.05, 0) is 67.7 Å². The third-order valence-corrected chi connectivity index (χ3v) is 6.32. The van der Waals surface area contributed by atoms with Crippen LogP contribution in [0.25, 0.3) is 16.8 Å². The molecular formula is C26H29ClN4. The largest absolute Gasteiger partial charge is 0.388 e. The average molecular weight is 433 g/mol. The van der Waals surface area contributed by atoms with E-state index in [9.17, 15) is 0 Å². The number of aromatic nitrogens is 1. The first-order valence-electron chi connectivity index (χ1n) is 10.8. The number of nitrogens with zero attached hydrogens (tertiary/aromatic N) is 2. The first-order valence-corrected chi connectivity index (χ1v) is 11.1. The Labute approximate surface area is 190 Å². The van der Waals surface area contributed by atoms with E-state index in [1.165, 1.54) is 31.5 Å². The number of nitrogens with one attached hydrogen (secondary N) is 2. The number of hydrogen-bond donors (Lipinski definition) is 2. The topological polar surface area (TPSA) is 40.2 Å². The maximum Gasteiger partial charge on any atom is 0.0858 e. The van der Waals surface area contributed by atoms with Gasteiger partial charge in [0.15, 0.2) is 0 Å². The predicted octanol–water partition coefficient (Wildman–Crippen LogP) is 6.43. The van der Waals surface area contributed by atoms with Crippen LogP contribution >= 0.6 is 11.6 Å². The van der Waals surface area contributed by atoms with Gasteiger partial charge in [0.2, 0.25) is 0 Å². The predicted molar refractivity (Wildman–Crippen MR) is 133 cm³/mol. The Kier molecular flexibility index (Phi) is 6.59. The number of benzene rings is 2. The van der Waals surface area contributed by atoms with E-state index in [4.69, 9.17) is 11.6 Å². The van der Waals surface area contributed by atoms with Crippen molar-refractivity contribution < 1.29 is 0 Å². The summed E-state index contributed by atoms with van der Waals surface area (Å²) in [6.07, 6.45) is 4.54. The van der Waals surface area contributed by atoms with Gasteiger partial charge in [0.25, 0.3) is 0 Å². The number of likely N-dealkylation sites (tertiary alicyclic amines) is 1. The lowest BCUT2D eigenvalue weighted by Gasteiger charge is -2.17. The molecule has 160 valence electrons. The van der Waals surface area contributed by atoms with E-state index in [-0.39, 0.29) is 0 Å². The van der Waals surface area contributed by atoms with Gasteiger partial charge in [-0.25, -0.2) is 0 Å². The molecule has 1 aliphatic rings. The molecule has 3 aromatic rings. The molecule has 0 bridgehead atoms. The molecule has 0 saturated carbocycles. The second kappa shape index (κ2) is 9.54. The fourth-order valence-electron chi connectivity index (χ4n) is 4.16. The van der Waals surface area contributed by atoms with Crippen LogP contribution in [0.4, 0.5) is 11.4 Å². The van der Waals surface area contributed by atoms with Crippen LogP contribution in [0.2, 0.25) is 5.02 Å². The zero-order valence-electron chi connectivity index (χ0n) is 18.2. The highest BCUT2D eigenvalue weighted by Gasteiger charge is 2.14. The van der Waals surface area contributed by atoms with E-state index in [1.807, 2.05) is 43.6 Å². The lowest BCUT2D eigenvalue weighted by molar-refractivity contribution is 0.331. The molecule has 1 saturated heterocycles. The van der Waals surface area contributed by atoms with Crippen LogP contribution in [0.5, 0.6) is 0 Å². The molecule has 0 atom stereocenters. The van der Waals surface area contributed by atoms with Crippen LogP contribution in [0.1, 0.15) is 29.7 Å². The molecule has 4 nitrogen and oxygen atoms in total. The summed E-state index contributed by atoms with van der Waals surface area (Å²) in [5, 5.41) is 7.27. The molecule has 4 rings (SSSR count). The van der Waals surface area contributed by atoms with E-state index < -0.39 is 0 Å². The highest BCUT2D eigenvalue weighted by molar-refractivity contribution is 6.36. The highest BCUT2D eigenvalue weighted by atomic mass is 35.5. The van der Waals surface area contributed by atoms with Crippen molar-refractivity contribution in [1.82, 2.24) is 9.88 Å². The molecule has 0 radical (unpaired) electrons. The molecule has 0 spiro atoms. The minimum atomic E-state index is 0.672. The van der Waals surface area contributed by atoms with Gasteiger partial charge < -0.3 is 10.6 Å². The molecule has 0 aliphatic carbocycles. The summed E-state index contributed by atoms with van der Waals surface area (Å²) in [4.78, 5) is 7.10. The third kappa shape index (κ3) is 4.76. The molecule has 31 heavy (non-hydrogen) atoms. The molecule has 2 aromatic carbocycles. The van der Waals surface area contributed by atoms with Gasteiger partial charge in [-0.15, -0.1) is 0 Å². The third-order valence-electron chi connectivity index (χ3n) is 5.92. The number of anilines is 2. The van der Waals surface area contributed by atoms with E-state index in [0.29, 0.717) is 5.02 Å². The van der Waals surface area contributed by atoms with Crippen molar-refractivity contribution in [3.63, 3.8) is 0 Å². The van der Waals surface area contributed by atoms with Crippen molar-refractivity contribution in [2.45, 2.75) is 26.3 Å². The molecule has 1 aliphatic heterocycles. The molecule has 5 heteroatoms. The molecule has 2 N–H and O–H groups in total. The van der Waals surface area contributed by atoms with Crippen LogP contribution < -0.4 is 10.6 Å². The van der Waals surface area contributed by atoms with Crippen molar-refractivity contribution in [2.75, 3.05) is 30.8 Å². The van der Waals surface area contributed by atoms with Gasteiger partial charge in [0, 0.05) is 31.0 Å². The van der Waals surface area contributed by atoms with Gasteiger partial charge in [-0.3, -0.25) is 9.88 Å². The summed E-state index contributed by atoms with van der Waals surface area (Å²) in [6.45, 7) is 9.62. The first kappa shape index (κ1) is 21.4. The Morgan fingerprint density at radius 3 is 2.42 bits per heavy atom. The Bertz CT molecular complexity index is 1070. The zero-order valence-corrected chi connectivity index (χ0v) is 19.0. The van der Waals surface area contributed by atoms with Crippen LogP contribution in [0, 0.1) is 6.92 Å². The van der Waals surface area contributed by atoms with E-state index in [2.05, 4.69) is 52.2 Å². The summed E-state index contributed by atoms with van der Waals surface area (Å²) in [5.41, 5.74) is 7.96. The van der Waals surface area contributed by atoms with Gasteiger partial charge in [-0.2, -0.15) is 0 Å². The standard InChI is InChI=1S/C26H29ClN4/c1-18-21(8-6-10-23(18)28-3)22-9-7-11-25(26(22)27)30-19(2)24-13-12-20(16-29-24)17-31-14-4-5-15-31/h6-13,16,28,30H,2,4-5,14-15,17H2,1,3H3. The van der Waals surface area contributed by atoms with Crippen molar-refractivity contribution in [3.8, 4) is 11.1 Å². The normalized spacial score (nSPS) is 13.9. The summed E-state index contributed by atoms with van der Waals surface area (Å²) < 4.78 is 0. The number of pyridine rings is 1. The lowest BCUT2D eigenvalue weighted by Crippen LogP contribution is -2.18. The Balaban J connectivity index is 1.52. The molecular weight excluding hydrogens is 404 g/mol. The smallest absolute Gasteiger partial charge is 0.0858 e. The highest BCUT2D eigenvalue weighted by Crippen LogP contribution is 2.38. The Morgan fingerprint density at radius 1 is 1.03 bits per heavy atom.